The number of esters is 1. The maximum Gasteiger partial charge on any atom is 0.308 e. The minimum Gasteiger partial charge on any atom is -0.464 e. The third-order valence-corrected chi connectivity index (χ3v) is 10.1. The lowest BCUT2D eigenvalue weighted by Gasteiger charge is -2.23. The molecule has 0 spiro atoms. The number of nitrogens with zero attached hydrogens (tertiary/aromatic N) is 7. The fraction of sp³-hybridized carbons (Fsp3) is 0.357. The van der Waals surface area contributed by atoms with Crippen molar-refractivity contribution in [2.24, 2.45) is 16.1 Å². The minimum atomic E-state index is -0.387. The molecule has 0 N–H and O–H groups in total. The van der Waals surface area contributed by atoms with Crippen molar-refractivity contribution in [3.05, 3.63) is 94.0 Å². The molecule has 0 radical (unpaired) electrons. The van der Waals surface area contributed by atoms with Gasteiger partial charge in [0.2, 0.25) is 0 Å². The van der Waals surface area contributed by atoms with Crippen LogP contribution >= 0.6 is 11.3 Å². The van der Waals surface area contributed by atoms with Gasteiger partial charge in [0.05, 0.1) is 40.7 Å². The molecule has 1 aliphatic rings. The molecule has 3 aromatic rings. The zero-order valence-corrected chi connectivity index (χ0v) is 31.7. The first kappa shape index (κ1) is 39.9. The van der Waals surface area contributed by atoms with Crippen molar-refractivity contribution < 1.29 is 14.3 Å². The summed E-state index contributed by atoms with van der Waals surface area (Å²) in [5.74, 6) is -0.510. The molecule has 10 nitrogen and oxygen atoms in total. The van der Waals surface area contributed by atoms with Crippen molar-refractivity contribution >= 4 is 46.4 Å². The molecule has 0 saturated carbocycles. The minimum absolute atomic E-state index is 0.0237. The molecule has 1 atom stereocenters. The quantitative estimate of drug-likeness (QED) is 0.0720. The lowest BCUT2D eigenvalue weighted by Crippen LogP contribution is -2.29. The van der Waals surface area contributed by atoms with Gasteiger partial charge in [-0.2, -0.15) is 26.0 Å². The number of nitriles is 3. The number of rotatable bonds is 18. The van der Waals surface area contributed by atoms with Crippen LogP contribution in [0.5, 0.6) is 0 Å². The molecule has 53 heavy (non-hydrogen) atoms. The Morgan fingerprint density at radius 1 is 0.906 bits per heavy atom. The summed E-state index contributed by atoms with van der Waals surface area (Å²) in [6.45, 7) is 10.3. The highest BCUT2D eigenvalue weighted by Gasteiger charge is 2.36. The van der Waals surface area contributed by atoms with Crippen molar-refractivity contribution in [2.75, 3.05) is 31.1 Å². The topological polar surface area (TPSA) is 146 Å². The predicted molar refractivity (Wildman–Crippen MR) is 209 cm³/mol. The summed E-state index contributed by atoms with van der Waals surface area (Å²) in [7, 11) is 0. The Bertz CT molecular complexity index is 1970. The lowest BCUT2D eigenvalue weighted by atomic mass is 10.00. The number of carbonyl (C=O) groups is 2. The van der Waals surface area contributed by atoms with Gasteiger partial charge in [0.15, 0.2) is 5.57 Å². The number of amides is 1. The van der Waals surface area contributed by atoms with E-state index in [2.05, 4.69) is 29.0 Å². The number of allylic oxidation sites excluding steroid dienone is 2. The third kappa shape index (κ3) is 10.4. The molecule has 4 rings (SSSR count). The first-order valence-electron chi connectivity index (χ1n) is 18.1. The van der Waals surface area contributed by atoms with E-state index in [9.17, 15) is 25.4 Å². The Morgan fingerprint density at radius 3 is 2.15 bits per heavy atom. The summed E-state index contributed by atoms with van der Waals surface area (Å²) in [5.41, 5.74) is 3.50. The molecule has 11 heteroatoms. The molecule has 2 aromatic carbocycles. The molecule has 1 unspecified atom stereocenters. The molecule has 1 aliphatic heterocycles. The summed E-state index contributed by atoms with van der Waals surface area (Å²) in [5, 5.41) is 37.7. The van der Waals surface area contributed by atoms with Crippen LogP contribution in [0.25, 0.3) is 16.5 Å². The van der Waals surface area contributed by atoms with Gasteiger partial charge in [-0.05, 0) is 92.4 Å². The van der Waals surface area contributed by atoms with Gasteiger partial charge in [-0.3, -0.25) is 9.59 Å². The van der Waals surface area contributed by atoms with E-state index >= 15 is 0 Å². The van der Waals surface area contributed by atoms with E-state index in [1.54, 1.807) is 12.2 Å². The molecule has 0 saturated heterocycles. The SMILES string of the molecule is CCCCC(CC)C(=O)OCCN(CC)c1ccc(/N=N/c2ccc(-c3ccc(/C=C/C4=C(C#N)C(=C(C#N)C#N)N(CCCC)C4=O)s3)cc2)cc1. The largest absolute Gasteiger partial charge is 0.464 e. The Kier molecular flexibility index (Phi) is 15.3. The fourth-order valence-electron chi connectivity index (χ4n) is 5.89. The molecule has 0 aliphatic carbocycles. The smallest absolute Gasteiger partial charge is 0.308 e. The van der Waals surface area contributed by atoms with E-state index in [0.717, 1.165) is 65.3 Å². The van der Waals surface area contributed by atoms with Crippen molar-refractivity contribution in [1.82, 2.24) is 4.90 Å². The molecule has 272 valence electrons. The second kappa shape index (κ2) is 20.3. The molecule has 1 aromatic heterocycles. The number of hydrogen-bond donors (Lipinski definition) is 0. The second-order valence-corrected chi connectivity index (χ2v) is 13.6. The zero-order valence-electron chi connectivity index (χ0n) is 30.8. The van der Waals surface area contributed by atoms with Crippen LogP contribution in [0.1, 0.15) is 71.1 Å². The maximum absolute atomic E-state index is 13.3. The summed E-state index contributed by atoms with van der Waals surface area (Å²) >= 11 is 1.53. The van der Waals surface area contributed by atoms with Crippen LogP contribution in [0.2, 0.25) is 0 Å². The number of likely N-dealkylation sites (N-methyl/N-ethyl adjacent to an activating group) is 1. The Hall–Kier alpha value is -5.83. The maximum atomic E-state index is 13.3. The van der Waals surface area contributed by atoms with E-state index in [4.69, 9.17) is 4.74 Å². The fourth-order valence-corrected chi connectivity index (χ4v) is 6.80. The Balaban J connectivity index is 1.37. The monoisotopic (exact) mass is 727 g/mol. The average molecular weight is 728 g/mol. The van der Waals surface area contributed by atoms with Crippen LogP contribution in [-0.4, -0.2) is 43.0 Å². The molecular formula is C42H45N7O3S. The molecule has 2 heterocycles. The number of carbonyl (C=O) groups excluding carboxylic acids is 2. The van der Waals surface area contributed by atoms with Gasteiger partial charge in [0.1, 0.15) is 24.8 Å². The molecular weight excluding hydrogens is 683 g/mol. The summed E-state index contributed by atoms with van der Waals surface area (Å²) in [6.07, 6.45) is 8.65. The number of azo groups is 1. The van der Waals surface area contributed by atoms with E-state index < -0.39 is 0 Å². The summed E-state index contributed by atoms with van der Waals surface area (Å²) in [4.78, 5) is 31.2. The van der Waals surface area contributed by atoms with Crippen LogP contribution < -0.4 is 4.90 Å². The summed E-state index contributed by atoms with van der Waals surface area (Å²) < 4.78 is 5.61. The van der Waals surface area contributed by atoms with Gasteiger partial charge in [-0.25, -0.2) is 0 Å². The summed E-state index contributed by atoms with van der Waals surface area (Å²) in [6, 6.07) is 25.2. The van der Waals surface area contributed by atoms with E-state index in [1.165, 1.54) is 16.2 Å². The van der Waals surface area contributed by atoms with Crippen LogP contribution in [0, 0.1) is 39.9 Å². The number of hydrogen-bond acceptors (Lipinski definition) is 10. The Labute approximate surface area is 316 Å². The predicted octanol–water partition coefficient (Wildman–Crippen LogP) is 10.2. The van der Waals surface area contributed by atoms with E-state index in [1.807, 2.05) is 92.7 Å². The second-order valence-electron chi connectivity index (χ2n) is 12.5. The van der Waals surface area contributed by atoms with Gasteiger partial charge in [0, 0.05) is 28.5 Å². The van der Waals surface area contributed by atoms with E-state index in [0.29, 0.717) is 31.8 Å². The van der Waals surface area contributed by atoms with Crippen LogP contribution in [0.15, 0.2) is 99.4 Å². The van der Waals surface area contributed by atoms with Gasteiger partial charge < -0.3 is 14.5 Å². The molecule has 0 fully saturated rings. The number of ether oxygens (including phenoxy) is 1. The number of benzene rings is 2. The highest BCUT2D eigenvalue weighted by atomic mass is 32.1. The van der Waals surface area contributed by atoms with Crippen molar-refractivity contribution in [3.63, 3.8) is 0 Å². The van der Waals surface area contributed by atoms with Crippen molar-refractivity contribution in [2.45, 2.75) is 66.2 Å². The first-order valence-corrected chi connectivity index (χ1v) is 19.0. The van der Waals surface area contributed by atoms with Gasteiger partial charge >= 0.3 is 5.97 Å². The first-order chi connectivity index (χ1) is 25.8. The van der Waals surface area contributed by atoms with Gasteiger partial charge in [0.25, 0.3) is 5.91 Å². The average Bonchev–Trinajstić information content (AvgIpc) is 3.77. The van der Waals surface area contributed by atoms with Gasteiger partial charge in [-0.1, -0.05) is 52.2 Å². The number of thiophene rings is 1. The van der Waals surface area contributed by atoms with Crippen LogP contribution in [0.4, 0.5) is 17.1 Å². The van der Waals surface area contributed by atoms with Crippen molar-refractivity contribution in [3.8, 4) is 28.6 Å². The Morgan fingerprint density at radius 2 is 1.57 bits per heavy atom. The number of anilines is 1. The van der Waals surface area contributed by atoms with E-state index in [-0.39, 0.29) is 40.2 Å². The van der Waals surface area contributed by atoms with Gasteiger partial charge in [-0.15, -0.1) is 11.3 Å². The highest BCUT2D eigenvalue weighted by molar-refractivity contribution is 7.16. The van der Waals surface area contributed by atoms with Crippen molar-refractivity contribution in [1.29, 1.82) is 15.8 Å². The highest BCUT2D eigenvalue weighted by Crippen LogP contribution is 2.35. The lowest BCUT2D eigenvalue weighted by molar-refractivity contribution is -0.148. The standard InChI is InChI=1S/C42H45N7O3S/c1-5-9-11-30(7-3)42(51)52-26-25-48(8-4)35-18-16-34(17-19-35)47-46-33-14-12-31(13-15-33)39-23-21-36(53-39)20-22-37-38(29-45)40(32(27-43)28-44)49(41(37)50)24-10-6-2/h12-23,30H,5-11,24-26H2,1-4H3/b22-20+,47-46+. The number of unbranched alkanes of at least 4 members (excludes halogenated alkanes) is 2. The third-order valence-electron chi connectivity index (χ3n) is 8.97. The molecule has 1 amide bonds. The molecule has 0 bridgehead atoms. The van der Waals surface area contributed by atoms with Crippen LogP contribution in [0.3, 0.4) is 0 Å². The van der Waals surface area contributed by atoms with Crippen LogP contribution in [-0.2, 0) is 14.3 Å². The zero-order chi connectivity index (χ0) is 38.2. The normalized spacial score (nSPS) is 13.3.